The highest BCUT2D eigenvalue weighted by atomic mass is 32.1. The predicted molar refractivity (Wildman–Crippen MR) is 64.3 cm³/mol. The van der Waals surface area contributed by atoms with E-state index in [-0.39, 0.29) is 6.61 Å². The fourth-order valence-electron chi connectivity index (χ4n) is 2.15. The number of hydrogen-bond donors (Lipinski definition) is 2. The second-order valence-corrected chi connectivity index (χ2v) is 5.63. The average molecular weight is 225 g/mol. The molecular weight excluding hydrogens is 206 g/mol. The average Bonchev–Trinajstić information content (AvgIpc) is 2.60. The molecule has 15 heavy (non-hydrogen) atoms. The van der Waals surface area contributed by atoms with E-state index >= 15 is 0 Å². The maximum atomic E-state index is 8.68. The summed E-state index contributed by atoms with van der Waals surface area (Å²) in [4.78, 5) is 3.01. The van der Waals surface area contributed by atoms with Crippen molar-refractivity contribution >= 4 is 11.3 Å². The van der Waals surface area contributed by atoms with Gasteiger partial charge in [-0.2, -0.15) is 0 Å². The summed E-state index contributed by atoms with van der Waals surface area (Å²) in [5.41, 5.74) is 1.57. The van der Waals surface area contributed by atoms with Gasteiger partial charge in [0.15, 0.2) is 0 Å². The molecule has 1 aromatic heterocycles. The van der Waals surface area contributed by atoms with Gasteiger partial charge < -0.3 is 10.4 Å². The summed E-state index contributed by atoms with van der Waals surface area (Å²) in [5.74, 6) is 0.852. The van der Waals surface area contributed by atoms with Crippen molar-refractivity contribution in [1.82, 2.24) is 5.32 Å². The molecule has 0 spiro atoms. The van der Waals surface area contributed by atoms with Crippen LogP contribution in [-0.2, 0) is 19.4 Å². The van der Waals surface area contributed by atoms with Crippen molar-refractivity contribution in [3.05, 3.63) is 21.4 Å². The molecule has 1 atom stereocenters. The van der Waals surface area contributed by atoms with E-state index in [9.17, 15) is 0 Å². The molecule has 2 rings (SSSR count). The van der Waals surface area contributed by atoms with Crippen molar-refractivity contribution in [1.29, 1.82) is 0 Å². The molecule has 0 fully saturated rings. The van der Waals surface area contributed by atoms with Crippen molar-refractivity contribution in [2.75, 3.05) is 13.2 Å². The minimum atomic E-state index is 0.224. The summed E-state index contributed by atoms with van der Waals surface area (Å²) in [6, 6.07) is 2.35. The largest absolute Gasteiger partial charge is 0.395 e. The van der Waals surface area contributed by atoms with E-state index in [1.807, 2.05) is 11.3 Å². The van der Waals surface area contributed by atoms with Crippen LogP contribution in [0.2, 0.25) is 0 Å². The zero-order chi connectivity index (χ0) is 10.7. The van der Waals surface area contributed by atoms with Gasteiger partial charge in [-0.25, -0.2) is 0 Å². The number of nitrogens with one attached hydrogen (secondary N) is 1. The van der Waals surface area contributed by atoms with Gasteiger partial charge in [-0.15, -0.1) is 11.3 Å². The maximum absolute atomic E-state index is 8.68. The summed E-state index contributed by atoms with van der Waals surface area (Å²) >= 11 is 1.94. The van der Waals surface area contributed by atoms with E-state index in [2.05, 4.69) is 18.3 Å². The molecule has 2 N–H and O–H groups in total. The SMILES string of the molecule is CC1CCc2sc(CNCCO)cc2C1. The predicted octanol–water partition coefficient (Wildman–Crippen LogP) is 1.95. The Labute approximate surface area is 95.3 Å². The fourth-order valence-corrected chi connectivity index (χ4v) is 3.33. The highest BCUT2D eigenvalue weighted by Crippen LogP contribution is 2.31. The van der Waals surface area contributed by atoms with Gasteiger partial charge in [0.2, 0.25) is 0 Å². The van der Waals surface area contributed by atoms with Crippen LogP contribution in [0, 0.1) is 5.92 Å². The van der Waals surface area contributed by atoms with E-state index in [0.29, 0.717) is 6.54 Å². The molecule has 84 valence electrons. The van der Waals surface area contributed by atoms with Crippen LogP contribution in [0.1, 0.15) is 28.7 Å². The fraction of sp³-hybridized carbons (Fsp3) is 0.667. The van der Waals surface area contributed by atoms with Crippen molar-refractivity contribution in [3.8, 4) is 0 Å². The monoisotopic (exact) mass is 225 g/mol. The Morgan fingerprint density at radius 2 is 2.47 bits per heavy atom. The first-order valence-corrected chi connectivity index (χ1v) is 6.53. The standard InChI is InChI=1S/C12H19NOS/c1-9-2-3-12-10(6-9)7-11(15-12)8-13-4-5-14/h7,9,13-14H,2-6,8H2,1H3. The number of thiophene rings is 1. The zero-order valence-corrected chi connectivity index (χ0v) is 10.1. The Hall–Kier alpha value is -0.380. The van der Waals surface area contributed by atoms with Gasteiger partial charge in [0.05, 0.1) is 6.61 Å². The lowest BCUT2D eigenvalue weighted by Crippen LogP contribution is -2.16. The number of aliphatic hydroxyl groups excluding tert-OH is 1. The summed E-state index contributed by atoms with van der Waals surface area (Å²) in [7, 11) is 0. The van der Waals surface area contributed by atoms with Crippen LogP contribution < -0.4 is 5.32 Å². The number of aryl methyl sites for hydroxylation is 1. The highest BCUT2D eigenvalue weighted by Gasteiger charge is 2.17. The Morgan fingerprint density at radius 1 is 1.60 bits per heavy atom. The number of aliphatic hydroxyl groups is 1. The molecule has 2 nitrogen and oxygen atoms in total. The quantitative estimate of drug-likeness (QED) is 0.768. The van der Waals surface area contributed by atoms with Crippen LogP contribution in [0.5, 0.6) is 0 Å². The first-order valence-electron chi connectivity index (χ1n) is 5.71. The molecule has 1 aliphatic carbocycles. The summed E-state index contributed by atoms with van der Waals surface area (Å²) in [6.07, 6.45) is 3.87. The molecular formula is C12H19NOS. The first kappa shape index (κ1) is 11.1. The third kappa shape index (κ3) is 2.80. The van der Waals surface area contributed by atoms with Gasteiger partial charge in [0.25, 0.3) is 0 Å². The van der Waals surface area contributed by atoms with Crippen molar-refractivity contribution in [2.45, 2.75) is 32.7 Å². The van der Waals surface area contributed by atoms with Crippen molar-refractivity contribution in [2.24, 2.45) is 5.92 Å². The van der Waals surface area contributed by atoms with Crippen molar-refractivity contribution in [3.63, 3.8) is 0 Å². The number of rotatable bonds is 4. The van der Waals surface area contributed by atoms with Gasteiger partial charge in [-0.1, -0.05) is 6.92 Å². The minimum Gasteiger partial charge on any atom is -0.395 e. The molecule has 1 unspecified atom stereocenters. The Bertz CT molecular complexity index is 321. The van der Waals surface area contributed by atoms with Gasteiger partial charge in [-0.05, 0) is 36.8 Å². The molecule has 0 bridgehead atoms. The minimum absolute atomic E-state index is 0.224. The van der Waals surface area contributed by atoms with Gasteiger partial charge in [0, 0.05) is 22.8 Å². The van der Waals surface area contributed by atoms with Crippen LogP contribution >= 0.6 is 11.3 Å². The molecule has 0 radical (unpaired) electrons. The lowest BCUT2D eigenvalue weighted by molar-refractivity contribution is 0.292. The maximum Gasteiger partial charge on any atom is 0.0556 e. The van der Waals surface area contributed by atoms with E-state index < -0.39 is 0 Å². The molecule has 1 heterocycles. The lowest BCUT2D eigenvalue weighted by Gasteiger charge is -2.17. The number of fused-ring (bicyclic) bond motifs is 1. The van der Waals surface area contributed by atoms with Crippen LogP contribution in [0.25, 0.3) is 0 Å². The second-order valence-electron chi connectivity index (χ2n) is 4.41. The van der Waals surface area contributed by atoms with Gasteiger partial charge in [0.1, 0.15) is 0 Å². The third-order valence-corrected chi connectivity index (χ3v) is 4.21. The van der Waals surface area contributed by atoms with Gasteiger partial charge in [-0.3, -0.25) is 0 Å². The normalized spacial score (nSPS) is 20.3. The molecule has 0 amide bonds. The molecule has 1 aromatic rings. The Kier molecular flexibility index (Phi) is 3.78. The zero-order valence-electron chi connectivity index (χ0n) is 9.25. The van der Waals surface area contributed by atoms with E-state index in [1.165, 1.54) is 24.1 Å². The van der Waals surface area contributed by atoms with Crippen molar-refractivity contribution < 1.29 is 5.11 Å². The van der Waals surface area contributed by atoms with E-state index in [4.69, 9.17) is 5.11 Å². The van der Waals surface area contributed by atoms with Crippen LogP contribution in [0.3, 0.4) is 0 Å². The molecule has 0 aromatic carbocycles. The molecule has 0 aliphatic heterocycles. The summed E-state index contributed by atoms with van der Waals surface area (Å²) in [6.45, 7) is 4.16. The Morgan fingerprint density at radius 3 is 3.27 bits per heavy atom. The van der Waals surface area contributed by atoms with Crippen LogP contribution in [0.4, 0.5) is 0 Å². The Balaban J connectivity index is 1.96. The van der Waals surface area contributed by atoms with Crippen LogP contribution in [-0.4, -0.2) is 18.3 Å². The smallest absolute Gasteiger partial charge is 0.0556 e. The highest BCUT2D eigenvalue weighted by molar-refractivity contribution is 7.12. The van der Waals surface area contributed by atoms with E-state index in [1.54, 1.807) is 10.4 Å². The molecule has 1 aliphatic rings. The summed E-state index contributed by atoms with van der Waals surface area (Å²) in [5, 5.41) is 11.9. The first-order chi connectivity index (χ1) is 7.29. The third-order valence-electron chi connectivity index (χ3n) is 2.97. The molecule has 3 heteroatoms. The molecule has 0 saturated heterocycles. The topological polar surface area (TPSA) is 32.3 Å². The molecule has 0 saturated carbocycles. The van der Waals surface area contributed by atoms with Gasteiger partial charge >= 0.3 is 0 Å². The lowest BCUT2D eigenvalue weighted by atomic mass is 9.90. The second kappa shape index (κ2) is 5.10. The van der Waals surface area contributed by atoms with Crippen LogP contribution in [0.15, 0.2) is 6.07 Å². The summed E-state index contributed by atoms with van der Waals surface area (Å²) < 4.78 is 0. The van der Waals surface area contributed by atoms with E-state index in [0.717, 1.165) is 12.5 Å². The number of hydrogen-bond acceptors (Lipinski definition) is 3.